The second-order valence-electron chi connectivity index (χ2n) is 5.20. The molecule has 3 rings (SSSR count). The Balaban J connectivity index is 2.10. The molecule has 3 aromatic rings. The van der Waals surface area contributed by atoms with Gasteiger partial charge in [-0.1, -0.05) is 17.7 Å². The molecule has 0 aliphatic carbocycles. The Hall–Kier alpha value is -1.84. The third-order valence-corrected chi connectivity index (χ3v) is 4.10. The summed E-state index contributed by atoms with van der Waals surface area (Å²) in [5.41, 5.74) is 4.59. The van der Waals surface area contributed by atoms with Gasteiger partial charge in [0.1, 0.15) is 0 Å². The molecule has 0 heterocycles. The van der Waals surface area contributed by atoms with Crippen molar-refractivity contribution in [3.8, 4) is 0 Å². The molecule has 0 radical (unpaired) electrons. The summed E-state index contributed by atoms with van der Waals surface area (Å²) in [4.78, 5) is 4.14. The summed E-state index contributed by atoms with van der Waals surface area (Å²) in [6.45, 7) is 2.10. The van der Waals surface area contributed by atoms with Crippen LogP contribution >= 0.6 is 25.3 Å². The second kappa shape index (κ2) is 6.51. The number of anilines is 3. The number of thiol groups is 2. The minimum Gasteiger partial charge on any atom is -0.311 e. The number of hydrogen-bond acceptors (Lipinski definition) is 3. The van der Waals surface area contributed by atoms with E-state index in [1.807, 2.05) is 24.3 Å². The first-order valence-electron chi connectivity index (χ1n) is 7.08. The predicted octanol–water partition coefficient (Wildman–Crippen LogP) is 6.04. The highest BCUT2D eigenvalue weighted by atomic mass is 32.1. The molecule has 0 unspecified atom stereocenters. The first-order valence-corrected chi connectivity index (χ1v) is 7.98. The van der Waals surface area contributed by atoms with Crippen LogP contribution in [0, 0.1) is 6.92 Å². The summed E-state index contributed by atoms with van der Waals surface area (Å²) in [5.74, 6) is 0. The summed E-state index contributed by atoms with van der Waals surface area (Å²) < 4.78 is 0. The van der Waals surface area contributed by atoms with Gasteiger partial charge in [-0.2, -0.15) is 0 Å². The molecule has 0 aliphatic rings. The lowest BCUT2D eigenvalue weighted by molar-refractivity contribution is 1.25. The average molecular weight is 323 g/mol. The lowest BCUT2D eigenvalue weighted by Gasteiger charge is -2.25. The Morgan fingerprint density at radius 2 is 0.864 bits per heavy atom. The fourth-order valence-corrected chi connectivity index (χ4v) is 2.64. The third-order valence-electron chi connectivity index (χ3n) is 3.51. The molecule has 0 N–H and O–H groups in total. The van der Waals surface area contributed by atoms with Gasteiger partial charge >= 0.3 is 0 Å². The van der Waals surface area contributed by atoms with E-state index in [0.717, 1.165) is 26.9 Å². The largest absolute Gasteiger partial charge is 0.311 e. The molecule has 0 saturated carbocycles. The van der Waals surface area contributed by atoms with Gasteiger partial charge in [-0.15, -0.1) is 25.3 Å². The fourth-order valence-electron chi connectivity index (χ4n) is 2.34. The summed E-state index contributed by atoms with van der Waals surface area (Å²) in [5, 5.41) is 0. The van der Waals surface area contributed by atoms with Crippen molar-refractivity contribution in [2.45, 2.75) is 16.7 Å². The van der Waals surface area contributed by atoms with E-state index in [0.29, 0.717) is 0 Å². The van der Waals surface area contributed by atoms with Crippen molar-refractivity contribution in [1.82, 2.24) is 0 Å². The van der Waals surface area contributed by atoms with Crippen LogP contribution in [-0.2, 0) is 0 Å². The zero-order valence-corrected chi connectivity index (χ0v) is 14.1. The Morgan fingerprint density at radius 3 is 1.23 bits per heavy atom. The minimum atomic E-state index is 0.957. The number of aryl methyl sites for hydroxylation is 1. The van der Waals surface area contributed by atoms with Crippen molar-refractivity contribution < 1.29 is 0 Å². The van der Waals surface area contributed by atoms with E-state index in [-0.39, 0.29) is 0 Å². The maximum absolute atomic E-state index is 4.37. The topological polar surface area (TPSA) is 3.24 Å². The van der Waals surface area contributed by atoms with E-state index in [2.05, 4.69) is 85.6 Å². The molecule has 0 saturated heterocycles. The van der Waals surface area contributed by atoms with Gasteiger partial charge in [0.05, 0.1) is 0 Å². The monoisotopic (exact) mass is 323 g/mol. The van der Waals surface area contributed by atoms with E-state index in [4.69, 9.17) is 0 Å². The van der Waals surface area contributed by atoms with Gasteiger partial charge in [-0.05, 0) is 67.6 Å². The molecular formula is C19H17NS2. The van der Waals surface area contributed by atoms with Crippen LogP contribution in [0.2, 0.25) is 0 Å². The molecule has 0 aromatic heterocycles. The van der Waals surface area contributed by atoms with Crippen LogP contribution in [0.25, 0.3) is 0 Å². The Labute approximate surface area is 142 Å². The van der Waals surface area contributed by atoms with Crippen LogP contribution in [0.5, 0.6) is 0 Å². The number of hydrogen-bond donors (Lipinski definition) is 2. The highest BCUT2D eigenvalue weighted by Gasteiger charge is 2.11. The molecule has 0 atom stereocenters. The molecule has 1 nitrogen and oxygen atoms in total. The zero-order valence-electron chi connectivity index (χ0n) is 12.3. The molecular weight excluding hydrogens is 306 g/mol. The predicted molar refractivity (Wildman–Crippen MR) is 100 cm³/mol. The quantitative estimate of drug-likeness (QED) is 0.556. The Bertz CT molecular complexity index is 639. The Morgan fingerprint density at radius 1 is 0.545 bits per heavy atom. The van der Waals surface area contributed by atoms with Gasteiger partial charge in [-0.3, -0.25) is 0 Å². The first kappa shape index (κ1) is 15.1. The van der Waals surface area contributed by atoms with Crippen LogP contribution in [0.3, 0.4) is 0 Å². The fraction of sp³-hybridized carbons (Fsp3) is 0.0526. The maximum Gasteiger partial charge on any atom is 0.0462 e. The maximum atomic E-state index is 4.37. The minimum absolute atomic E-state index is 0.957. The van der Waals surface area contributed by atoms with Gasteiger partial charge in [0, 0.05) is 26.9 Å². The number of benzene rings is 3. The lowest BCUT2D eigenvalue weighted by atomic mass is 10.1. The summed E-state index contributed by atoms with van der Waals surface area (Å²) in [7, 11) is 0. The molecule has 0 fully saturated rings. The molecule has 22 heavy (non-hydrogen) atoms. The van der Waals surface area contributed by atoms with Crippen LogP contribution < -0.4 is 4.90 Å². The SMILES string of the molecule is Cc1ccc(N(c2ccc(S)cc2)c2ccc(S)cc2)cc1. The molecule has 3 heteroatoms. The van der Waals surface area contributed by atoms with E-state index >= 15 is 0 Å². The number of nitrogens with zero attached hydrogens (tertiary/aromatic N) is 1. The first-order chi connectivity index (χ1) is 10.6. The molecule has 0 amide bonds. The average Bonchev–Trinajstić information content (AvgIpc) is 2.53. The van der Waals surface area contributed by atoms with Crippen molar-refractivity contribution in [2.75, 3.05) is 4.90 Å². The van der Waals surface area contributed by atoms with E-state index in [1.54, 1.807) is 0 Å². The van der Waals surface area contributed by atoms with Gasteiger partial charge in [0.15, 0.2) is 0 Å². The van der Waals surface area contributed by atoms with Crippen molar-refractivity contribution in [2.24, 2.45) is 0 Å². The van der Waals surface area contributed by atoms with Crippen LogP contribution in [0.4, 0.5) is 17.1 Å². The summed E-state index contributed by atoms with van der Waals surface area (Å²) in [6, 6.07) is 24.9. The van der Waals surface area contributed by atoms with Crippen molar-refractivity contribution in [3.63, 3.8) is 0 Å². The molecule has 0 bridgehead atoms. The lowest BCUT2D eigenvalue weighted by Crippen LogP contribution is -2.09. The third kappa shape index (κ3) is 3.32. The van der Waals surface area contributed by atoms with E-state index in [1.165, 1.54) is 5.56 Å². The van der Waals surface area contributed by atoms with Gasteiger partial charge in [0.2, 0.25) is 0 Å². The molecule has 110 valence electrons. The van der Waals surface area contributed by atoms with Gasteiger partial charge in [-0.25, -0.2) is 0 Å². The highest BCUT2D eigenvalue weighted by molar-refractivity contribution is 7.80. The standard InChI is InChI=1S/C19H17NS2/c1-14-2-4-15(5-3-14)20(16-6-10-18(21)11-7-16)17-8-12-19(22)13-9-17/h2-13,21-22H,1H3. The summed E-state index contributed by atoms with van der Waals surface area (Å²) >= 11 is 8.75. The Kier molecular flexibility index (Phi) is 4.46. The zero-order chi connectivity index (χ0) is 15.5. The van der Waals surface area contributed by atoms with Gasteiger partial charge in [0.25, 0.3) is 0 Å². The molecule has 0 spiro atoms. The molecule has 3 aromatic carbocycles. The highest BCUT2D eigenvalue weighted by Crippen LogP contribution is 2.35. The van der Waals surface area contributed by atoms with Crippen LogP contribution in [0.15, 0.2) is 82.6 Å². The number of rotatable bonds is 3. The smallest absolute Gasteiger partial charge is 0.0462 e. The van der Waals surface area contributed by atoms with Crippen molar-refractivity contribution in [3.05, 3.63) is 78.4 Å². The normalized spacial score (nSPS) is 10.5. The summed E-state index contributed by atoms with van der Waals surface area (Å²) in [6.07, 6.45) is 0. The van der Waals surface area contributed by atoms with E-state index in [9.17, 15) is 0 Å². The van der Waals surface area contributed by atoms with Crippen molar-refractivity contribution in [1.29, 1.82) is 0 Å². The van der Waals surface area contributed by atoms with Gasteiger partial charge < -0.3 is 4.90 Å². The van der Waals surface area contributed by atoms with Crippen molar-refractivity contribution >= 4 is 42.3 Å². The van der Waals surface area contributed by atoms with Crippen LogP contribution in [-0.4, -0.2) is 0 Å². The van der Waals surface area contributed by atoms with Crippen LogP contribution in [0.1, 0.15) is 5.56 Å². The van der Waals surface area contributed by atoms with E-state index < -0.39 is 0 Å². The second-order valence-corrected chi connectivity index (χ2v) is 6.24. The molecule has 0 aliphatic heterocycles.